The molecule has 1 saturated heterocycles. The van der Waals surface area contributed by atoms with Crippen LogP contribution in [0.15, 0.2) is 48.5 Å². The van der Waals surface area contributed by atoms with Gasteiger partial charge in [-0.25, -0.2) is 4.39 Å². The van der Waals surface area contributed by atoms with Crippen molar-refractivity contribution in [3.63, 3.8) is 0 Å². The van der Waals surface area contributed by atoms with E-state index in [-0.39, 0.29) is 17.4 Å². The fourth-order valence-corrected chi connectivity index (χ4v) is 2.99. The quantitative estimate of drug-likeness (QED) is 0.853. The summed E-state index contributed by atoms with van der Waals surface area (Å²) in [5.41, 5.74) is 6.86. The van der Waals surface area contributed by atoms with Gasteiger partial charge in [0.2, 0.25) is 0 Å². The highest BCUT2D eigenvalue weighted by atomic mass is 19.1. The molecule has 2 aromatic carbocycles. The van der Waals surface area contributed by atoms with Crippen LogP contribution in [0.4, 0.5) is 10.1 Å². The molecule has 0 spiro atoms. The van der Waals surface area contributed by atoms with Crippen LogP contribution >= 0.6 is 0 Å². The average molecular weight is 341 g/mol. The van der Waals surface area contributed by atoms with E-state index in [9.17, 15) is 14.0 Å². The topological polar surface area (TPSA) is 66.6 Å². The third-order valence-electron chi connectivity index (χ3n) is 4.37. The van der Waals surface area contributed by atoms with Crippen LogP contribution in [0.3, 0.4) is 0 Å². The molecule has 0 bridgehead atoms. The standard InChI is InChI=1S/C19H20FN3O2/c20-16-8-3-1-6-14(16)18(24)22-10-5-11-23(13-12-22)19(25)15-7-2-4-9-17(15)21/h1-4,6-9H,5,10-13,21H2. The SMILES string of the molecule is Nc1ccccc1C(=O)N1CCCN(C(=O)c2ccccc2F)CC1. The molecule has 2 aromatic rings. The minimum absolute atomic E-state index is 0.0644. The number of hydrogen-bond acceptors (Lipinski definition) is 3. The van der Waals surface area contributed by atoms with Crippen LogP contribution in [0.2, 0.25) is 0 Å². The largest absolute Gasteiger partial charge is 0.398 e. The zero-order chi connectivity index (χ0) is 17.8. The van der Waals surface area contributed by atoms with E-state index >= 15 is 0 Å². The first kappa shape index (κ1) is 17.0. The molecule has 0 saturated carbocycles. The highest BCUT2D eigenvalue weighted by Gasteiger charge is 2.25. The van der Waals surface area contributed by atoms with Crippen molar-refractivity contribution in [3.8, 4) is 0 Å². The van der Waals surface area contributed by atoms with Gasteiger partial charge in [0.05, 0.1) is 11.1 Å². The number of rotatable bonds is 2. The first-order valence-electron chi connectivity index (χ1n) is 8.25. The smallest absolute Gasteiger partial charge is 0.256 e. The third-order valence-corrected chi connectivity index (χ3v) is 4.37. The number of benzene rings is 2. The van der Waals surface area contributed by atoms with Crippen molar-refractivity contribution in [2.45, 2.75) is 6.42 Å². The van der Waals surface area contributed by atoms with Crippen LogP contribution in [0.25, 0.3) is 0 Å². The van der Waals surface area contributed by atoms with E-state index in [1.54, 1.807) is 46.2 Å². The molecular formula is C19H20FN3O2. The molecule has 0 aromatic heterocycles. The molecule has 1 aliphatic heterocycles. The van der Waals surface area contributed by atoms with Crippen molar-refractivity contribution in [2.24, 2.45) is 0 Å². The summed E-state index contributed by atoms with van der Waals surface area (Å²) in [5, 5.41) is 0. The molecule has 1 fully saturated rings. The van der Waals surface area contributed by atoms with Crippen LogP contribution in [0.5, 0.6) is 0 Å². The summed E-state index contributed by atoms with van der Waals surface area (Å²) in [4.78, 5) is 28.5. The summed E-state index contributed by atoms with van der Waals surface area (Å²) in [6.45, 7) is 1.79. The Bertz CT molecular complexity index is 728. The number of nitrogens with two attached hydrogens (primary N) is 1. The molecule has 0 unspecified atom stereocenters. The van der Waals surface area contributed by atoms with Gasteiger partial charge in [0, 0.05) is 31.9 Å². The Hall–Kier alpha value is -2.89. The van der Waals surface area contributed by atoms with E-state index in [1.807, 2.05) is 0 Å². The van der Waals surface area contributed by atoms with Crippen molar-refractivity contribution in [1.82, 2.24) is 9.80 Å². The Labute approximate surface area is 145 Å². The molecule has 130 valence electrons. The summed E-state index contributed by atoms with van der Waals surface area (Å²) in [6, 6.07) is 12.9. The van der Waals surface area contributed by atoms with Crippen molar-refractivity contribution >= 4 is 17.5 Å². The van der Waals surface area contributed by atoms with E-state index < -0.39 is 5.82 Å². The number of carbonyl (C=O) groups excluding carboxylic acids is 2. The summed E-state index contributed by atoms with van der Waals surface area (Å²) in [6.07, 6.45) is 0.638. The number of para-hydroxylation sites is 1. The highest BCUT2D eigenvalue weighted by molar-refractivity contribution is 5.99. The molecule has 1 aliphatic rings. The van der Waals surface area contributed by atoms with Gasteiger partial charge >= 0.3 is 0 Å². The normalized spacial score (nSPS) is 14.9. The second kappa shape index (κ2) is 7.34. The second-order valence-corrected chi connectivity index (χ2v) is 6.01. The lowest BCUT2D eigenvalue weighted by Gasteiger charge is -2.23. The van der Waals surface area contributed by atoms with E-state index in [0.29, 0.717) is 43.9 Å². The van der Waals surface area contributed by atoms with Crippen molar-refractivity contribution in [1.29, 1.82) is 0 Å². The zero-order valence-electron chi connectivity index (χ0n) is 13.8. The first-order valence-corrected chi connectivity index (χ1v) is 8.25. The molecule has 3 rings (SSSR count). The highest BCUT2D eigenvalue weighted by Crippen LogP contribution is 2.17. The molecule has 25 heavy (non-hydrogen) atoms. The Morgan fingerprint density at radius 1 is 0.800 bits per heavy atom. The van der Waals surface area contributed by atoms with Gasteiger partial charge in [-0.15, -0.1) is 0 Å². The fourth-order valence-electron chi connectivity index (χ4n) is 2.99. The van der Waals surface area contributed by atoms with Crippen molar-refractivity contribution in [3.05, 3.63) is 65.5 Å². The molecule has 1 heterocycles. The number of hydrogen-bond donors (Lipinski definition) is 1. The van der Waals surface area contributed by atoms with Gasteiger partial charge in [-0.05, 0) is 30.7 Å². The van der Waals surface area contributed by atoms with Gasteiger partial charge in [0.25, 0.3) is 11.8 Å². The van der Waals surface area contributed by atoms with Gasteiger partial charge in [-0.2, -0.15) is 0 Å². The lowest BCUT2D eigenvalue weighted by Crippen LogP contribution is -2.37. The fraction of sp³-hybridized carbons (Fsp3) is 0.263. The number of anilines is 1. The first-order chi connectivity index (χ1) is 12.1. The minimum atomic E-state index is -0.526. The Morgan fingerprint density at radius 3 is 1.92 bits per heavy atom. The number of nitrogens with zero attached hydrogens (tertiary/aromatic N) is 2. The average Bonchev–Trinajstić information content (AvgIpc) is 2.87. The Kier molecular flexibility index (Phi) is 4.97. The maximum Gasteiger partial charge on any atom is 0.256 e. The predicted octanol–water partition coefficient (Wildman–Crippen LogP) is 2.40. The lowest BCUT2D eigenvalue weighted by atomic mass is 10.1. The molecule has 2 amide bonds. The van der Waals surface area contributed by atoms with Crippen molar-refractivity contribution < 1.29 is 14.0 Å². The van der Waals surface area contributed by atoms with E-state index in [2.05, 4.69) is 0 Å². The third kappa shape index (κ3) is 3.63. The molecule has 2 N–H and O–H groups in total. The molecule has 0 aliphatic carbocycles. The number of nitrogen functional groups attached to an aromatic ring is 1. The van der Waals surface area contributed by atoms with Crippen LogP contribution in [-0.4, -0.2) is 47.8 Å². The lowest BCUT2D eigenvalue weighted by molar-refractivity contribution is 0.0716. The van der Waals surface area contributed by atoms with Crippen LogP contribution < -0.4 is 5.73 Å². The predicted molar refractivity (Wildman–Crippen MR) is 93.7 cm³/mol. The number of halogens is 1. The molecule has 0 radical (unpaired) electrons. The van der Waals surface area contributed by atoms with Crippen LogP contribution in [0.1, 0.15) is 27.1 Å². The monoisotopic (exact) mass is 341 g/mol. The summed E-state index contributed by atoms with van der Waals surface area (Å²) in [7, 11) is 0. The summed E-state index contributed by atoms with van der Waals surface area (Å²) in [5.74, 6) is -1.01. The van der Waals surface area contributed by atoms with E-state index in [0.717, 1.165) is 0 Å². The van der Waals surface area contributed by atoms with Gasteiger partial charge in [-0.1, -0.05) is 24.3 Å². The molecule has 6 heteroatoms. The summed E-state index contributed by atoms with van der Waals surface area (Å²) < 4.78 is 13.8. The molecular weight excluding hydrogens is 321 g/mol. The minimum Gasteiger partial charge on any atom is -0.398 e. The number of carbonyl (C=O) groups is 2. The van der Waals surface area contributed by atoms with Gasteiger partial charge in [0.15, 0.2) is 0 Å². The number of amides is 2. The Balaban J connectivity index is 1.70. The van der Waals surface area contributed by atoms with Gasteiger partial charge in [0.1, 0.15) is 5.82 Å². The maximum atomic E-state index is 13.8. The zero-order valence-corrected chi connectivity index (χ0v) is 13.8. The van der Waals surface area contributed by atoms with Gasteiger partial charge < -0.3 is 15.5 Å². The summed E-state index contributed by atoms with van der Waals surface area (Å²) >= 11 is 0. The molecule has 0 atom stereocenters. The van der Waals surface area contributed by atoms with E-state index in [4.69, 9.17) is 5.73 Å². The van der Waals surface area contributed by atoms with E-state index in [1.165, 1.54) is 12.1 Å². The van der Waals surface area contributed by atoms with Crippen LogP contribution in [0, 0.1) is 5.82 Å². The van der Waals surface area contributed by atoms with Crippen LogP contribution in [-0.2, 0) is 0 Å². The van der Waals surface area contributed by atoms with Gasteiger partial charge in [-0.3, -0.25) is 9.59 Å². The second-order valence-electron chi connectivity index (χ2n) is 6.01. The molecule has 5 nitrogen and oxygen atoms in total. The van der Waals surface area contributed by atoms with Crippen molar-refractivity contribution in [2.75, 3.05) is 31.9 Å². The Morgan fingerprint density at radius 2 is 1.32 bits per heavy atom. The maximum absolute atomic E-state index is 13.8.